The number of phenolic OH excluding ortho intramolecular Hbond substituents is 1. The molecule has 1 aliphatic carbocycles. The standard InChI is InChI=1S/C10H8F2O3/c11-5-1-2-6(12)8(13)7(5)10(3-4-10)9(14)15/h1-2,13H,3-4H2,(H,14,15). The fourth-order valence-corrected chi connectivity index (χ4v) is 1.69. The Morgan fingerprint density at radius 3 is 2.27 bits per heavy atom. The first-order valence-electron chi connectivity index (χ1n) is 4.40. The van der Waals surface area contributed by atoms with Crippen molar-refractivity contribution in [1.82, 2.24) is 0 Å². The molecule has 1 fully saturated rings. The zero-order valence-electron chi connectivity index (χ0n) is 7.63. The number of aliphatic carboxylic acids is 1. The summed E-state index contributed by atoms with van der Waals surface area (Å²) in [7, 11) is 0. The highest BCUT2D eigenvalue weighted by atomic mass is 19.1. The largest absolute Gasteiger partial charge is 0.505 e. The molecule has 0 aromatic heterocycles. The van der Waals surface area contributed by atoms with E-state index < -0.39 is 34.3 Å². The summed E-state index contributed by atoms with van der Waals surface area (Å²) in [6.07, 6.45) is 0.437. The number of phenols is 1. The summed E-state index contributed by atoms with van der Waals surface area (Å²) >= 11 is 0. The molecule has 15 heavy (non-hydrogen) atoms. The van der Waals surface area contributed by atoms with Gasteiger partial charge in [-0.2, -0.15) is 0 Å². The maximum absolute atomic E-state index is 13.3. The highest BCUT2D eigenvalue weighted by Crippen LogP contribution is 2.52. The van der Waals surface area contributed by atoms with Crippen LogP contribution in [-0.4, -0.2) is 16.2 Å². The summed E-state index contributed by atoms with van der Waals surface area (Å²) in [5.74, 6) is -4.01. The molecule has 5 heteroatoms. The predicted octanol–water partition coefficient (Wildman–Crippen LogP) is 1.79. The van der Waals surface area contributed by atoms with Crippen molar-refractivity contribution in [2.24, 2.45) is 0 Å². The number of carboxylic acids is 1. The van der Waals surface area contributed by atoms with Gasteiger partial charge in [0.05, 0.1) is 5.41 Å². The number of rotatable bonds is 2. The molecule has 1 aliphatic rings. The monoisotopic (exact) mass is 214 g/mol. The molecule has 1 aromatic carbocycles. The van der Waals surface area contributed by atoms with Crippen LogP contribution in [0.5, 0.6) is 5.75 Å². The van der Waals surface area contributed by atoms with Crippen LogP contribution in [0.15, 0.2) is 12.1 Å². The van der Waals surface area contributed by atoms with Gasteiger partial charge < -0.3 is 10.2 Å². The topological polar surface area (TPSA) is 57.5 Å². The number of hydrogen-bond donors (Lipinski definition) is 2. The van der Waals surface area contributed by atoms with Crippen molar-refractivity contribution >= 4 is 5.97 Å². The minimum absolute atomic E-state index is 0.219. The van der Waals surface area contributed by atoms with Gasteiger partial charge in [0, 0.05) is 5.56 Å². The van der Waals surface area contributed by atoms with Crippen molar-refractivity contribution in [2.45, 2.75) is 18.3 Å². The molecule has 0 atom stereocenters. The third-order valence-corrected chi connectivity index (χ3v) is 2.72. The Kier molecular flexibility index (Phi) is 1.92. The summed E-state index contributed by atoms with van der Waals surface area (Å²) in [6.45, 7) is 0. The van der Waals surface area contributed by atoms with Gasteiger partial charge in [0.1, 0.15) is 5.82 Å². The van der Waals surface area contributed by atoms with Gasteiger partial charge in [-0.15, -0.1) is 0 Å². The molecule has 0 aliphatic heterocycles. The van der Waals surface area contributed by atoms with Crippen LogP contribution in [0.3, 0.4) is 0 Å². The van der Waals surface area contributed by atoms with E-state index >= 15 is 0 Å². The van der Waals surface area contributed by atoms with Gasteiger partial charge in [0.25, 0.3) is 0 Å². The van der Waals surface area contributed by atoms with Crippen molar-refractivity contribution in [1.29, 1.82) is 0 Å². The molecule has 1 saturated carbocycles. The maximum atomic E-state index is 13.3. The fourth-order valence-electron chi connectivity index (χ4n) is 1.69. The van der Waals surface area contributed by atoms with E-state index in [2.05, 4.69) is 0 Å². The summed E-state index contributed by atoms with van der Waals surface area (Å²) in [4.78, 5) is 10.9. The summed E-state index contributed by atoms with van der Waals surface area (Å²) < 4.78 is 26.3. The molecular weight excluding hydrogens is 206 g/mol. The molecule has 0 spiro atoms. The molecule has 0 bridgehead atoms. The molecule has 2 N–H and O–H groups in total. The Bertz CT molecular complexity index is 439. The Balaban J connectivity index is 2.62. The molecule has 0 saturated heterocycles. The van der Waals surface area contributed by atoms with Crippen molar-refractivity contribution in [3.05, 3.63) is 29.3 Å². The van der Waals surface area contributed by atoms with Gasteiger partial charge in [-0.25, -0.2) is 8.78 Å². The summed E-state index contributed by atoms with van der Waals surface area (Å²) in [6, 6.07) is 1.60. The Hall–Kier alpha value is -1.65. The third kappa shape index (κ3) is 1.26. The van der Waals surface area contributed by atoms with Crippen molar-refractivity contribution in [3.63, 3.8) is 0 Å². The molecule has 0 unspecified atom stereocenters. The van der Waals surface area contributed by atoms with Gasteiger partial charge in [0.2, 0.25) is 0 Å². The number of carbonyl (C=O) groups is 1. The second-order valence-corrected chi connectivity index (χ2v) is 3.64. The van der Waals surface area contributed by atoms with Crippen LogP contribution in [-0.2, 0) is 10.2 Å². The first kappa shape index (κ1) is 9.89. The van der Waals surface area contributed by atoms with E-state index in [0.717, 1.165) is 12.1 Å². The third-order valence-electron chi connectivity index (χ3n) is 2.72. The van der Waals surface area contributed by atoms with E-state index in [0.29, 0.717) is 0 Å². The Labute approximate surface area is 84.0 Å². The predicted molar refractivity (Wildman–Crippen MR) is 46.6 cm³/mol. The van der Waals surface area contributed by atoms with E-state index in [4.69, 9.17) is 5.11 Å². The Morgan fingerprint density at radius 1 is 1.27 bits per heavy atom. The normalized spacial score (nSPS) is 17.5. The van der Waals surface area contributed by atoms with Crippen LogP contribution < -0.4 is 0 Å². The van der Waals surface area contributed by atoms with Crippen LogP contribution in [0.4, 0.5) is 8.78 Å². The second-order valence-electron chi connectivity index (χ2n) is 3.64. The number of benzene rings is 1. The van der Waals surface area contributed by atoms with E-state index in [-0.39, 0.29) is 12.8 Å². The highest BCUT2D eigenvalue weighted by molar-refractivity contribution is 5.86. The second kappa shape index (κ2) is 2.92. The number of halogens is 2. The molecule has 0 heterocycles. The van der Waals surface area contributed by atoms with Gasteiger partial charge >= 0.3 is 5.97 Å². The minimum atomic E-state index is -1.43. The lowest BCUT2D eigenvalue weighted by molar-refractivity contribution is -0.140. The van der Waals surface area contributed by atoms with Gasteiger partial charge in [-0.1, -0.05) is 0 Å². The van der Waals surface area contributed by atoms with Crippen LogP contribution in [0.25, 0.3) is 0 Å². The zero-order chi connectivity index (χ0) is 11.2. The first-order chi connectivity index (χ1) is 6.99. The van der Waals surface area contributed by atoms with Gasteiger partial charge in [-0.05, 0) is 25.0 Å². The van der Waals surface area contributed by atoms with Gasteiger partial charge in [-0.3, -0.25) is 4.79 Å². The van der Waals surface area contributed by atoms with Crippen LogP contribution in [0.2, 0.25) is 0 Å². The molecule has 1 aromatic rings. The molecule has 0 radical (unpaired) electrons. The highest BCUT2D eigenvalue weighted by Gasteiger charge is 2.55. The van der Waals surface area contributed by atoms with E-state index in [1.165, 1.54) is 0 Å². The van der Waals surface area contributed by atoms with E-state index in [1.807, 2.05) is 0 Å². The average molecular weight is 214 g/mol. The fraction of sp³-hybridized carbons (Fsp3) is 0.300. The smallest absolute Gasteiger partial charge is 0.314 e. The molecule has 80 valence electrons. The number of aromatic hydroxyl groups is 1. The summed E-state index contributed by atoms with van der Waals surface area (Å²) in [5.41, 5.74) is -1.87. The molecule has 2 rings (SSSR count). The van der Waals surface area contributed by atoms with Gasteiger partial charge in [0.15, 0.2) is 11.6 Å². The van der Waals surface area contributed by atoms with E-state index in [1.54, 1.807) is 0 Å². The van der Waals surface area contributed by atoms with Crippen molar-refractivity contribution in [2.75, 3.05) is 0 Å². The lowest BCUT2D eigenvalue weighted by atomic mass is 9.94. The number of carboxylic acid groups (broad SMARTS) is 1. The lowest BCUT2D eigenvalue weighted by Crippen LogP contribution is -2.21. The van der Waals surface area contributed by atoms with Crippen LogP contribution >= 0.6 is 0 Å². The molecule has 0 amide bonds. The molecule has 3 nitrogen and oxygen atoms in total. The lowest BCUT2D eigenvalue weighted by Gasteiger charge is -2.13. The van der Waals surface area contributed by atoms with Crippen molar-refractivity contribution in [3.8, 4) is 5.75 Å². The SMILES string of the molecule is O=C(O)C1(c2c(F)ccc(F)c2O)CC1. The Morgan fingerprint density at radius 2 is 1.80 bits per heavy atom. The van der Waals surface area contributed by atoms with E-state index in [9.17, 15) is 18.7 Å². The summed E-state index contributed by atoms with van der Waals surface area (Å²) in [5, 5.41) is 18.2. The quantitative estimate of drug-likeness (QED) is 0.789. The van der Waals surface area contributed by atoms with Crippen molar-refractivity contribution < 1.29 is 23.8 Å². The first-order valence-corrected chi connectivity index (χ1v) is 4.40. The minimum Gasteiger partial charge on any atom is -0.505 e. The van der Waals surface area contributed by atoms with Crippen LogP contribution in [0, 0.1) is 11.6 Å². The maximum Gasteiger partial charge on any atom is 0.314 e. The average Bonchev–Trinajstić information content (AvgIpc) is 2.93. The molecular formula is C10H8F2O3. The number of hydrogen-bond acceptors (Lipinski definition) is 2. The van der Waals surface area contributed by atoms with Crippen LogP contribution in [0.1, 0.15) is 18.4 Å². The zero-order valence-corrected chi connectivity index (χ0v) is 7.63.